The van der Waals surface area contributed by atoms with Crippen molar-refractivity contribution < 1.29 is 0 Å². The van der Waals surface area contributed by atoms with Crippen molar-refractivity contribution in [3.8, 4) is 11.1 Å². The molecule has 1 nitrogen and oxygen atoms in total. The Morgan fingerprint density at radius 3 is 2.47 bits per heavy atom. The van der Waals surface area contributed by atoms with Gasteiger partial charge in [0.05, 0.1) is 0 Å². The lowest BCUT2D eigenvalue weighted by Crippen LogP contribution is -2.14. The van der Waals surface area contributed by atoms with Gasteiger partial charge in [-0.3, -0.25) is 0 Å². The van der Waals surface area contributed by atoms with E-state index in [1.807, 2.05) is 12.1 Å². The molecule has 0 spiro atoms. The van der Waals surface area contributed by atoms with Crippen LogP contribution in [-0.4, -0.2) is 6.54 Å². The Balaban J connectivity index is 2.31. The first-order valence-electron chi connectivity index (χ1n) is 6.77. The largest absolute Gasteiger partial charge is 0.313 e. The lowest BCUT2D eigenvalue weighted by Gasteiger charge is -2.12. The van der Waals surface area contributed by atoms with Crippen molar-refractivity contribution in [3.63, 3.8) is 0 Å². The molecule has 0 aromatic heterocycles. The third-order valence-electron chi connectivity index (χ3n) is 3.16. The second-order valence-corrected chi connectivity index (χ2v) is 5.28. The summed E-state index contributed by atoms with van der Waals surface area (Å²) in [6.07, 6.45) is 1.15. The molecule has 0 aliphatic heterocycles. The summed E-state index contributed by atoms with van der Waals surface area (Å²) < 4.78 is 0. The molecule has 0 radical (unpaired) electrons. The van der Waals surface area contributed by atoms with Crippen LogP contribution in [0.25, 0.3) is 11.1 Å². The molecule has 0 aliphatic carbocycles. The van der Waals surface area contributed by atoms with E-state index in [4.69, 9.17) is 11.6 Å². The van der Waals surface area contributed by atoms with E-state index in [-0.39, 0.29) is 0 Å². The number of halogens is 1. The van der Waals surface area contributed by atoms with Crippen molar-refractivity contribution in [3.05, 3.63) is 58.6 Å². The van der Waals surface area contributed by atoms with Gasteiger partial charge in [-0.05, 0) is 48.7 Å². The average Bonchev–Trinajstić information content (AvgIpc) is 2.41. The molecule has 0 amide bonds. The predicted molar refractivity (Wildman–Crippen MR) is 83.6 cm³/mol. The smallest absolute Gasteiger partial charge is 0.0406 e. The summed E-state index contributed by atoms with van der Waals surface area (Å²) in [6.45, 7) is 6.27. The van der Waals surface area contributed by atoms with E-state index in [0.29, 0.717) is 0 Å². The van der Waals surface area contributed by atoms with Gasteiger partial charge >= 0.3 is 0 Å². The van der Waals surface area contributed by atoms with Crippen molar-refractivity contribution in [1.29, 1.82) is 0 Å². The Morgan fingerprint density at radius 2 is 1.79 bits per heavy atom. The quantitative estimate of drug-likeness (QED) is 0.771. The molecule has 0 saturated heterocycles. The monoisotopic (exact) mass is 273 g/mol. The van der Waals surface area contributed by atoms with Crippen molar-refractivity contribution in [2.75, 3.05) is 6.54 Å². The van der Waals surface area contributed by atoms with Crippen LogP contribution in [0.5, 0.6) is 0 Å². The molecule has 0 bridgehead atoms. The van der Waals surface area contributed by atoms with E-state index in [1.54, 1.807) is 0 Å². The van der Waals surface area contributed by atoms with Gasteiger partial charge in [0.25, 0.3) is 0 Å². The molecule has 0 aliphatic rings. The molecule has 2 aromatic rings. The highest BCUT2D eigenvalue weighted by Crippen LogP contribution is 2.26. The van der Waals surface area contributed by atoms with Crippen LogP contribution in [0.3, 0.4) is 0 Å². The van der Waals surface area contributed by atoms with Gasteiger partial charge in [-0.1, -0.05) is 54.4 Å². The highest BCUT2D eigenvalue weighted by atomic mass is 35.5. The van der Waals surface area contributed by atoms with Gasteiger partial charge in [0.1, 0.15) is 0 Å². The molecule has 0 fully saturated rings. The summed E-state index contributed by atoms with van der Waals surface area (Å²) >= 11 is 5.96. The van der Waals surface area contributed by atoms with Gasteiger partial charge in [0.15, 0.2) is 0 Å². The molecule has 0 atom stereocenters. The maximum atomic E-state index is 5.96. The molecule has 0 saturated carbocycles. The summed E-state index contributed by atoms with van der Waals surface area (Å²) in [6, 6.07) is 14.7. The van der Waals surface area contributed by atoms with Crippen molar-refractivity contribution in [1.82, 2.24) is 5.32 Å². The van der Waals surface area contributed by atoms with Crippen LogP contribution in [-0.2, 0) is 6.54 Å². The van der Waals surface area contributed by atoms with Crippen LogP contribution in [0.2, 0.25) is 5.02 Å². The van der Waals surface area contributed by atoms with E-state index in [9.17, 15) is 0 Å². The summed E-state index contributed by atoms with van der Waals surface area (Å²) in [5, 5.41) is 4.25. The van der Waals surface area contributed by atoms with E-state index in [2.05, 4.69) is 49.5 Å². The molecule has 19 heavy (non-hydrogen) atoms. The van der Waals surface area contributed by atoms with Crippen LogP contribution < -0.4 is 5.32 Å². The Kier molecular flexibility index (Phi) is 5.00. The third-order valence-corrected chi connectivity index (χ3v) is 3.41. The first kappa shape index (κ1) is 14.1. The van der Waals surface area contributed by atoms with Gasteiger partial charge in [-0.15, -0.1) is 0 Å². The van der Waals surface area contributed by atoms with Crippen molar-refractivity contribution >= 4 is 11.6 Å². The SMILES string of the molecule is CCCNCc1ccc(C)cc1-c1ccc(Cl)cc1. The molecular weight excluding hydrogens is 254 g/mol. The lowest BCUT2D eigenvalue weighted by atomic mass is 9.97. The molecule has 2 heteroatoms. The first-order chi connectivity index (χ1) is 9.20. The van der Waals surface area contributed by atoms with E-state index >= 15 is 0 Å². The van der Waals surface area contributed by atoms with Gasteiger partial charge in [-0.2, -0.15) is 0 Å². The Bertz CT molecular complexity index is 531. The van der Waals surface area contributed by atoms with Crippen molar-refractivity contribution in [2.24, 2.45) is 0 Å². The summed E-state index contributed by atoms with van der Waals surface area (Å²) in [4.78, 5) is 0. The zero-order valence-corrected chi connectivity index (χ0v) is 12.3. The number of benzene rings is 2. The van der Waals surface area contributed by atoms with Crippen LogP contribution in [0.4, 0.5) is 0 Å². The van der Waals surface area contributed by atoms with Crippen molar-refractivity contribution in [2.45, 2.75) is 26.8 Å². The Labute approximate surface area is 120 Å². The van der Waals surface area contributed by atoms with Crippen LogP contribution in [0, 0.1) is 6.92 Å². The maximum Gasteiger partial charge on any atom is 0.0406 e. The highest BCUT2D eigenvalue weighted by Gasteiger charge is 2.05. The minimum absolute atomic E-state index is 0.780. The molecule has 100 valence electrons. The van der Waals surface area contributed by atoms with Crippen LogP contribution >= 0.6 is 11.6 Å². The number of rotatable bonds is 5. The van der Waals surface area contributed by atoms with E-state index < -0.39 is 0 Å². The average molecular weight is 274 g/mol. The minimum Gasteiger partial charge on any atom is -0.313 e. The maximum absolute atomic E-state index is 5.96. The first-order valence-corrected chi connectivity index (χ1v) is 7.14. The van der Waals surface area contributed by atoms with Crippen LogP contribution in [0.15, 0.2) is 42.5 Å². The zero-order valence-electron chi connectivity index (χ0n) is 11.5. The number of hydrogen-bond acceptors (Lipinski definition) is 1. The second kappa shape index (κ2) is 6.74. The standard InChI is InChI=1S/C17H20ClN/c1-3-10-19-12-15-5-4-13(2)11-17(15)14-6-8-16(18)9-7-14/h4-9,11,19H,3,10,12H2,1-2H3. The Morgan fingerprint density at radius 1 is 1.05 bits per heavy atom. The molecule has 2 aromatic carbocycles. The van der Waals surface area contributed by atoms with E-state index in [0.717, 1.165) is 24.5 Å². The number of hydrogen-bond donors (Lipinski definition) is 1. The molecule has 2 rings (SSSR count). The van der Waals surface area contributed by atoms with Crippen LogP contribution in [0.1, 0.15) is 24.5 Å². The molecule has 0 unspecified atom stereocenters. The van der Waals surface area contributed by atoms with Gasteiger partial charge < -0.3 is 5.32 Å². The normalized spacial score (nSPS) is 10.7. The minimum atomic E-state index is 0.780. The van der Waals surface area contributed by atoms with Gasteiger partial charge in [0.2, 0.25) is 0 Å². The summed E-state index contributed by atoms with van der Waals surface area (Å²) in [5.41, 5.74) is 5.13. The van der Waals surface area contributed by atoms with E-state index in [1.165, 1.54) is 22.3 Å². The fraction of sp³-hybridized carbons (Fsp3) is 0.294. The van der Waals surface area contributed by atoms with Gasteiger partial charge in [-0.25, -0.2) is 0 Å². The third kappa shape index (κ3) is 3.82. The predicted octanol–water partition coefficient (Wildman–Crippen LogP) is 4.82. The Hall–Kier alpha value is -1.31. The number of nitrogens with one attached hydrogen (secondary N) is 1. The molecule has 0 heterocycles. The lowest BCUT2D eigenvalue weighted by molar-refractivity contribution is 0.676. The van der Waals surface area contributed by atoms with Gasteiger partial charge in [0, 0.05) is 11.6 Å². The number of aryl methyl sites for hydroxylation is 1. The topological polar surface area (TPSA) is 12.0 Å². The fourth-order valence-corrected chi connectivity index (χ4v) is 2.27. The zero-order chi connectivity index (χ0) is 13.7. The summed E-state index contributed by atoms with van der Waals surface area (Å²) in [7, 11) is 0. The fourth-order valence-electron chi connectivity index (χ4n) is 2.14. The molecular formula is C17H20ClN. The second-order valence-electron chi connectivity index (χ2n) is 4.84. The molecule has 1 N–H and O–H groups in total. The summed E-state index contributed by atoms with van der Waals surface area (Å²) in [5.74, 6) is 0. The highest BCUT2D eigenvalue weighted by molar-refractivity contribution is 6.30.